The molecule has 0 heterocycles. The Balaban J connectivity index is 3.99. The Morgan fingerprint density at radius 1 is 1.36 bits per heavy atom. The first-order valence-electron chi connectivity index (χ1n) is 3.65. The third-order valence-corrected chi connectivity index (χ3v) is 0.931. The van der Waals surface area contributed by atoms with E-state index in [1.165, 1.54) is 19.3 Å². The van der Waals surface area contributed by atoms with Gasteiger partial charge in [0, 0.05) is 6.08 Å². The van der Waals surface area contributed by atoms with Crippen LogP contribution in [0.5, 0.6) is 0 Å². The molecule has 70 valence electrons. The van der Waals surface area contributed by atoms with Gasteiger partial charge in [0.1, 0.15) is 6.61 Å². The first-order valence-corrected chi connectivity index (χ1v) is 3.65. The molecule has 0 unspecified atom stereocenters. The highest BCUT2D eigenvalue weighted by atomic mass is 16.5. The molecule has 0 amide bonds. The average molecular weight is 188 g/mol. The number of allylic oxidation sites excluding steroid dienone is 1. The van der Waals surface area contributed by atoms with E-state index in [1.54, 1.807) is 0 Å². The van der Waals surface area contributed by atoms with Gasteiger partial charge in [-0.2, -0.15) is 0 Å². The van der Waals surface area contributed by atoms with Crippen LogP contribution in [-0.2, 0) is 9.53 Å². The van der Waals surface area contributed by atoms with E-state index < -0.39 is 5.97 Å². The highest BCUT2D eigenvalue weighted by molar-refractivity contribution is 5.82. The Labute approximate surface area is 82.8 Å². The fraction of sp³-hybridized carbons (Fsp3) is 0.182. The van der Waals surface area contributed by atoms with Crippen molar-refractivity contribution in [3.63, 3.8) is 0 Å². The summed E-state index contributed by atoms with van der Waals surface area (Å²) < 4.78 is 4.33. The number of carbonyl (C=O) groups excluding carboxylic acids is 1. The van der Waals surface area contributed by atoms with Crippen LogP contribution in [0.25, 0.3) is 0 Å². The molecule has 0 saturated carbocycles. The monoisotopic (exact) mass is 188 g/mol. The number of esters is 1. The summed E-state index contributed by atoms with van der Waals surface area (Å²) in [5.41, 5.74) is 0. The third-order valence-electron chi connectivity index (χ3n) is 0.931. The summed E-state index contributed by atoms with van der Waals surface area (Å²) in [7, 11) is 1.28. The summed E-state index contributed by atoms with van der Waals surface area (Å²) in [6.07, 6.45) is 2.52. The van der Waals surface area contributed by atoms with Crippen molar-refractivity contribution in [1.29, 1.82) is 0 Å². The van der Waals surface area contributed by atoms with Crippen molar-refractivity contribution in [1.82, 2.24) is 0 Å². The Bertz CT molecular complexity index is 385. The smallest absolute Gasteiger partial charge is 0.331 e. The maximum absolute atomic E-state index is 10.5. The van der Waals surface area contributed by atoms with Crippen molar-refractivity contribution < 1.29 is 14.6 Å². The molecule has 14 heavy (non-hydrogen) atoms. The first kappa shape index (κ1) is 11.8. The Kier molecular flexibility index (Phi) is 7.57. The maximum atomic E-state index is 10.5. The molecular formula is C11H8O3. The van der Waals surface area contributed by atoms with E-state index >= 15 is 0 Å². The van der Waals surface area contributed by atoms with E-state index in [4.69, 9.17) is 5.11 Å². The molecule has 0 aliphatic rings. The summed E-state index contributed by atoms with van der Waals surface area (Å²) in [5.74, 6) is 14.0. The van der Waals surface area contributed by atoms with Crippen LogP contribution in [-0.4, -0.2) is 24.8 Å². The molecule has 3 heteroatoms. The molecule has 0 fully saturated rings. The van der Waals surface area contributed by atoms with Gasteiger partial charge in [-0.05, 0) is 29.8 Å². The molecule has 0 aromatic heterocycles. The minimum Gasteiger partial charge on any atom is -0.466 e. The van der Waals surface area contributed by atoms with Gasteiger partial charge in [-0.3, -0.25) is 0 Å². The fourth-order valence-electron chi connectivity index (χ4n) is 0.402. The lowest BCUT2D eigenvalue weighted by Gasteiger charge is -1.84. The van der Waals surface area contributed by atoms with Gasteiger partial charge in [-0.15, -0.1) is 0 Å². The largest absolute Gasteiger partial charge is 0.466 e. The molecule has 0 saturated heterocycles. The summed E-state index contributed by atoms with van der Waals surface area (Å²) in [4.78, 5) is 10.5. The van der Waals surface area contributed by atoms with Gasteiger partial charge in [0.2, 0.25) is 0 Å². The lowest BCUT2D eigenvalue weighted by molar-refractivity contribution is -0.134. The zero-order chi connectivity index (χ0) is 10.6. The minimum absolute atomic E-state index is 0.218. The zero-order valence-corrected chi connectivity index (χ0v) is 7.63. The number of aliphatic hydroxyl groups is 1. The number of aliphatic hydroxyl groups excluding tert-OH is 1. The third kappa shape index (κ3) is 7.95. The molecule has 0 radical (unpaired) electrons. The molecule has 3 nitrogen and oxygen atoms in total. The lowest BCUT2D eigenvalue weighted by Crippen LogP contribution is -1.92. The molecular weight excluding hydrogens is 180 g/mol. The molecule has 0 atom stereocenters. The SMILES string of the molecule is COC(=O)C=CC#CC#CC#CCO. The van der Waals surface area contributed by atoms with Gasteiger partial charge in [0.05, 0.1) is 7.11 Å². The predicted octanol–water partition coefficient (Wildman–Crippen LogP) is -0.282. The van der Waals surface area contributed by atoms with Crippen LogP contribution in [0.3, 0.4) is 0 Å². The Morgan fingerprint density at radius 3 is 2.71 bits per heavy atom. The van der Waals surface area contributed by atoms with Crippen LogP contribution in [0.2, 0.25) is 0 Å². The Morgan fingerprint density at radius 2 is 2.07 bits per heavy atom. The quantitative estimate of drug-likeness (QED) is 0.349. The van der Waals surface area contributed by atoms with E-state index in [0.717, 1.165) is 0 Å². The molecule has 0 aliphatic carbocycles. The fourth-order valence-corrected chi connectivity index (χ4v) is 0.402. The van der Waals surface area contributed by atoms with E-state index in [0.29, 0.717) is 0 Å². The molecule has 0 aromatic rings. The van der Waals surface area contributed by atoms with Crippen molar-refractivity contribution in [2.24, 2.45) is 0 Å². The number of ether oxygens (including phenoxy) is 1. The average Bonchev–Trinajstić information content (AvgIpc) is 2.21. The van der Waals surface area contributed by atoms with Gasteiger partial charge >= 0.3 is 5.97 Å². The van der Waals surface area contributed by atoms with Crippen LogP contribution < -0.4 is 0 Å². The number of methoxy groups -OCH3 is 1. The second-order valence-electron chi connectivity index (χ2n) is 1.84. The first-order chi connectivity index (χ1) is 6.81. The van der Waals surface area contributed by atoms with Crippen molar-refractivity contribution in [2.45, 2.75) is 0 Å². The number of rotatable bonds is 1. The highest BCUT2D eigenvalue weighted by Crippen LogP contribution is 1.75. The van der Waals surface area contributed by atoms with E-state index in [2.05, 4.69) is 40.3 Å². The van der Waals surface area contributed by atoms with Crippen LogP contribution in [0.4, 0.5) is 0 Å². The van der Waals surface area contributed by atoms with Crippen molar-refractivity contribution >= 4 is 5.97 Å². The van der Waals surface area contributed by atoms with Gasteiger partial charge in [-0.25, -0.2) is 4.79 Å². The van der Waals surface area contributed by atoms with Crippen molar-refractivity contribution in [3.8, 4) is 35.5 Å². The van der Waals surface area contributed by atoms with E-state index in [-0.39, 0.29) is 6.61 Å². The van der Waals surface area contributed by atoms with Crippen LogP contribution >= 0.6 is 0 Å². The number of hydrogen-bond acceptors (Lipinski definition) is 3. The van der Waals surface area contributed by atoms with Gasteiger partial charge in [-0.1, -0.05) is 11.8 Å². The Hall–Kier alpha value is -2.15. The summed E-state index contributed by atoms with van der Waals surface area (Å²) in [6, 6.07) is 0. The molecule has 0 rings (SSSR count). The molecule has 0 spiro atoms. The molecule has 0 bridgehead atoms. The topological polar surface area (TPSA) is 46.5 Å². The lowest BCUT2D eigenvalue weighted by atomic mass is 10.4. The van der Waals surface area contributed by atoms with Crippen molar-refractivity contribution in [2.75, 3.05) is 13.7 Å². The van der Waals surface area contributed by atoms with Crippen LogP contribution in [0, 0.1) is 35.5 Å². The second-order valence-corrected chi connectivity index (χ2v) is 1.84. The van der Waals surface area contributed by atoms with Crippen molar-refractivity contribution in [3.05, 3.63) is 12.2 Å². The highest BCUT2D eigenvalue weighted by Gasteiger charge is 1.85. The molecule has 0 aromatic carbocycles. The van der Waals surface area contributed by atoms with E-state index in [1.807, 2.05) is 0 Å². The number of carbonyl (C=O) groups is 1. The summed E-state index contributed by atoms with van der Waals surface area (Å²) in [6.45, 7) is -0.218. The second kappa shape index (κ2) is 8.94. The molecule has 0 aliphatic heterocycles. The minimum atomic E-state index is -0.465. The van der Waals surface area contributed by atoms with E-state index in [9.17, 15) is 4.79 Å². The van der Waals surface area contributed by atoms with Gasteiger partial charge in [0.25, 0.3) is 0 Å². The number of hydrogen-bond donors (Lipinski definition) is 1. The summed E-state index contributed by atoms with van der Waals surface area (Å²) >= 11 is 0. The van der Waals surface area contributed by atoms with Gasteiger partial charge < -0.3 is 9.84 Å². The molecule has 1 N–H and O–H groups in total. The van der Waals surface area contributed by atoms with Crippen LogP contribution in [0.1, 0.15) is 0 Å². The normalized spacial score (nSPS) is 7.29. The standard InChI is InChI=1S/C11H8O3/c1-14-11(13)9-7-5-3-2-4-6-8-10-12/h7,9,12H,10H2,1H3. The summed E-state index contributed by atoms with van der Waals surface area (Å²) in [5, 5.41) is 8.26. The zero-order valence-electron chi connectivity index (χ0n) is 7.63. The predicted molar refractivity (Wildman–Crippen MR) is 51.6 cm³/mol. The van der Waals surface area contributed by atoms with Crippen LogP contribution in [0.15, 0.2) is 12.2 Å². The maximum Gasteiger partial charge on any atom is 0.331 e. The van der Waals surface area contributed by atoms with Gasteiger partial charge in [0.15, 0.2) is 0 Å².